The van der Waals surface area contributed by atoms with Crippen molar-refractivity contribution in [3.05, 3.63) is 29.8 Å². The molecule has 1 aromatic carbocycles. The molecule has 1 rings (SSSR count). The van der Waals surface area contributed by atoms with Crippen LogP contribution in [0.25, 0.3) is 0 Å². The largest absolute Gasteiger partial charge is 0.240 e. The molecule has 5 heteroatoms. The number of hydrogen-bond acceptors (Lipinski definition) is 3. The zero-order valence-electron chi connectivity index (χ0n) is 9.10. The van der Waals surface area contributed by atoms with Gasteiger partial charge in [0.05, 0.1) is 17.4 Å². The van der Waals surface area contributed by atoms with Crippen LogP contribution in [0.3, 0.4) is 0 Å². The minimum atomic E-state index is -3.42. The van der Waals surface area contributed by atoms with Gasteiger partial charge in [-0.25, -0.2) is 13.1 Å². The van der Waals surface area contributed by atoms with Crippen molar-refractivity contribution in [2.45, 2.75) is 24.7 Å². The second kappa shape index (κ2) is 5.64. The van der Waals surface area contributed by atoms with Crippen LogP contribution in [-0.2, 0) is 16.4 Å². The molecule has 86 valence electrons. The molecule has 1 aromatic rings. The van der Waals surface area contributed by atoms with Crippen LogP contribution in [0.15, 0.2) is 29.2 Å². The first kappa shape index (κ1) is 12.7. The van der Waals surface area contributed by atoms with E-state index in [0.29, 0.717) is 12.1 Å². The average molecular weight is 238 g/mol. The van der Waals surface area contributed by atoms with E-state index >= 15 is 0 Å². The van der Waals surface area contributed by atoms with Crippen LogP contribution >= 0.6 is 0 Å². The van der Waals surface area contributed by atoms with Gasteiger partial charge in [-0.1, -0.05) is 19.1 Å². The lowest BCUT2D eigenvalue weighted by Crippen LogP contribution is -2.24. The van der Waals surface area contributed by atoms with Gasteiger partial charge in [0.1, 0.15) is 0 Å². The first-order valence-corrected chi connectivity index (χ1v) is 6.54. The lowest BCUT2D eigenvalue weighted by atomic mass is 10.2. The monoisotopic (exact) mass is 238 g/mol. The summed E-state index contributed by atoms with van der Waals surface area (Å²) in [6.07, 6.45) is 0.967. The zero-order chi connectivity index (χ0) is 12.0. The Labute approximate surface area is 96.0 Å². The highest BCUT2D eigenvalue weighted by atomic mass is 32.2. The molecule has 0 aliphatic rings. The third-order valence-electron chi connectivity index (χ3n) is 2.03. The van der Waals surface area contributed by atoms with E-state index in [4.69, 9.17) is 5.26 Å². The Bertz CT molecular complexity index is 489. The van der Waals surface area contributed by atoms with Crippen LogP contribution in [0.1, 0.15) is 18.9 Å². The van der Waals surface area contributed by atoms with E-state index in [1.165, 1.54) is 12.1 Å². The van der Waals surface area contributed by atoms with Crippen LogP contribution in [0.2, 0.25) is 0 Å². The fraction of sp³-hybridized carbons (Fsp3) is 0.364. The van der Waals surface area contributed by atoms with E-state index in [0.717, 1.165) is 6.42 Å². The molecule has 0 amide bonds. The van der Waals surface area contributed by atoms with Gasteiger partial charge in [-0.2, -0.15) is 5.26 Å². The molecule has 16 heavy (non-hydrogen) atoms. The van der Waals surface area contributed by atoms with E-state index < -0.39 is 10.0 Å². The van der Waals surface area contributed by atoms with Gasteiger partial charge in [0.25, 0.3) is 0 Å². The van der Waals surface area contributed by atoms with Crippen molar-refractivity contribution in [3.8, 4) is 6.07 Å². The summed E-state index contributed by atoms with van der Waals surface area (Å²) in [5.74, 6) is 0. The van der Waals surface area contributed by atoms with E-state index in [-0.39, 0.29) is 11.3 Å². The molecule has 0 atom stereocenters. The average Bonchev–Trinajstić information content (AvgIpc) is 2.27. The van der Waals surface area contributed by atoms with Crippen molar-refractivity contribution in [2.75, 3.05) is 6.54 Å². The molecule has 0 radical (unpaired) electrons. The quantitative estimate of drug-likeness (QED) is 0.843. The number of nitriles is 1. The lowest BCUT2D eigenvalue weighted by molar-refractivity contribution is 0.580. The molecule has 0 heterocycles. The maximum absolute atomic E-state index is 11.8. The molecule has 0 saturated carbocycles. The van der Waals surface area contributed by atoms with Crippen LogP contribution < -0.4 is 4.72 Å². The van der Waals surface area contributed by atoms with Crippen molar-refractivity contribution in [1.82, 2.24) is 4.72 Å². The Morgan fingerprint density at radius 1 is 1.44 bits per heavy atom. The number of rotatable bonds is 5. The number of nitrogens with zero attached hydrogens (tertiary/aromatic N) is 1. The summed E-state index contributed by atoms with van der Waals surface area (Å²) in [6.45, 7) is 2.32. The van der Waals surface area contributed by atoms with Crippen LogP contribution in [0.4, 0.5) is 0 Å². The summed E-state index contributed by atoms with van der Waals surface area (Å²) in [7, 11) is -3.42. The molecule has 0 bridgehead atoms. The van der Waals surface area contributed by atoms with Crippen molar-refractivity contribution in [3.63, 3.8) is 0 Å². The van der Waals surface area contributed by atoms with Crippen LogP contribution in [-0.4, -0.2) is 15.0 Å². The molecule has 0 fully saturated rings. The van der Waals surface area contributed by atoms with Gasteiger partial charge >= 0.3 is 0 Å². The van der Waals surface area contributed by atoms with E-state index in [9.17, 15) is 8.42 Å². The molecule has 4 nitrogen and oxygen atoms in total. The number of benzene rings is 1. The van der Waals surface area contributed by atoms with Crippen LogP contribution in [0, 0.1) is 11.3 Å². The van der Waals surface area contributed by atoms with Gasteiger partial charge in [-0.15, -0.1) is 0 Å². The topological polar surface area (TPSA) is 70.0 Å². The Balaban J connectivity index is 2.95. The second-order valence-corrected chi connectivity index (χ2v) is 5.15. The minimum absolute atomic E-state index is 0.216. The van der Waals surface area contributed by atoms with E-state index in [1.54, 1.807) is 12.1 Å². The maximum Gasteiger partial charge on any atom is 0.240 e. The normalized spacial score (nSPS) is 11.0. The van der Waals surface area contributed by atoms with Crippen LogP contribution in [0.5, 0.6) is 0 Å². The molecular weight excluding hydrogens is 224 g/mol. The highest BCUT2D eigenvalue weighted by Gasteiger charge is 2.12. The Morgan fingerprint density at radius 3 is 2.81 bits per heavy atom. The summed E-state index contributed by atoms with van der Waals surface area (Å²) >= 11 is 0. The molecule has 0 unspecified atom stereocenters. The highest BCUT2D eigenvalue weighted by molar-refractivity contribution is 7.89. The van der Waals surface area contributed by atoms with Gasteiger partial charge < -0.3 is 0 Å². The first-order valence-electron chi connectivity index (χ1n) is 5.05. The number of sulfonamides is 1. The molecule has 1 N–H and O–H groups in total. The molecule has 0 aliphatic heterocycles. The fourth-order valence-corrected chi connectivity index (χ4v) is 2.44. The lowest BCUT2D eigenvalue weighted by Gasteiger charge is -2.06. The fourth-order valence-electron chi connectivity index (χ4n) is 1.23. The van der Waals surface area contributed by atoms with E-state index in [1.807, 2.05) is 13.0 Å². The predicted molar refractivity (Wildman–Crippen MR) is 61.2 cm³/mol. The standard InChI is InChI=1S/C11H14N2O2S/c1-2-8-13-16(14,15)11-5-3-4-10(9-11)6-7-12/h3-5,9,13H,2,6,8H2,1H3. The van der Waals surface area contributed by atoms with Gasteiger partial charge in [0.15, 0.2) is 0 Å². The molecular formula is C11H14N2O2S. The molecule has 0 spiro atoms. The zero-order valence-corrected chi connectivity index (χ0v) is 9.92. The third kappa shape index (κ3) is 3.33. The van der Waals surface area contributed by atoms with Gasteiger partial charge in [-0.05, 0) is 24.1 Å². The molecule has 0 aliphatic carbocycles. The summed E-state index contributed by atoms with van der Waals surface area (Å²) in [5.41, 5.74) is 0.710. The molecule has 0 aromatic heterocycles. The summed E-state index contributed by atoms with van der Waals surface area (Å²) in [4.78, 5) is 0.216. The Morgan fingerprint density at radius 2 is 2.19 bits per heavy atom. The van der Waals surface area contributed by atoms with Gasteiger partial charge in [-0.3, -0.25) is 0 Å². The summed E-state index contributed by atoms with van der Waals surface area (Å²) in [5, 5.41) is 8.54. The summed E-state index contributed by atoms with van der Waals surface area (Å²) in [6, 6.07) is 8.43. The van der Waals surface area contributed by atoms with Crippen molar-refractivity contribution < 1.29 is 8.42 Å². The third-order valence-corrected chi connectivity index (χ3v) is 3.49. The summed E-state index contributed by atoms with van der Waals surface area (Å²) < 4.78 is 26.0. The Kier molecular flexibility index (Phi) is 4.47. The van der Waals surface area contributed by atoms with Gasteiger partial charge in [0.2, 0.25) is 10.0 Å². The number of hydrogen-bond donors (Lipinski definition) is 1. The van der Waals surface area contributed by atoms with Gasteiger partial charge in [0, 0.05) is 6.54 Å². The predicted octanol–water partition coefficient (Wildman–Crippen LogP) is 1.44. The van der Waals surface area contributed by atoms with E-state index in [2.05, 4.69) is 4.72 Å². The first-order chi connectivity index (χ1) is 7.60. The SMILES string of the molecule is CCCNS(=O)(=O)c1cccc(CC#N)c1. The van der Waals surface area contributed by atoms with Crippen molar-refractivity contribution in [1.29, 1.82) is 5.26 Å². The maximum atomic E-state index is 11.8. The highest BCUT2D eigenvalue weighted by Crippen LogP contribution is 2.11. The second-order valence-electron chi connectivity index (χ2n) is 3.38. The van der Waals surface area contributed by atoms with Crippen molar-refractivity contribution in [2.24, 2.45) is 0 Å². The number of nitrogens with one attached hydrogen (secondary N) is 1. The van der Waals surface area contributed by atoms with Crippen molar-refractivity contribution >= 4 is 10.0 Å². The molecule has 0 saturated heterocycles. The minimum Gasteiger partial charge on any atom is -0.211 e. The smallest absolute Gasteiger partial charge is 0.211 e. The Hall–Kier alpha value is -1.38.